The molecule has 22 heavy (non-hydrogen) atoms. The summed E-state index contributed by atoms with van der Waals surface area (Å²) in [6.45, 7) is 4.83. The van der Waals surface area contributed by atoms with E-state index >= 15 is 0 Å². The predicted molar refractivity (Wildman–Crippen MR) is 91.6 cm³/mol. The van der Waals surface area contributed by atoms with Crippen molar-refractivity contribution in [1.82, 2.24) is 0 Å². The molecule has 0 aromatic rings. The molecule has 4 fully saturated rings. The van der Waals surface area contributed by atoms with E-state index in [0.29, 0.717) is 5.41 Å². The van der Waals surface area contributed by atoms with E-state index in [2.05, 4.69) is 13.8 Å². The molecule has 0 unspecified atom stereocenters. The maximum atomic E-state index is 10.9. The molecule has 0 aromatic carbocycles. The van der Waals surface area contributed by atoms with Crippen molar-refractivity contribution in [3.05, 3.63) is 0 Å². The molecule has 0 heterocycles. The first-order valence-corrected chi connectivity index (χ1v) is 10.3. The van der Waals surface area contributed by atoms with Crippen LogP contribution in [0.25, 0.3) is 0 Å². The standard InChI is InChI=1S/C21H36O/c1-3-10-21(22)13-9-16-15(14-21)6-7-18-17(16)8-12-20(2)11-4-5-19(18)20/h15-19,22H,3-14H2,1-2H3/t15-,16+,17-,18-,19+,20+,21-/m1/s1. The second-order valence-electron chi connectivity index (χ2n) is 9.74. The van der Waals surface area contributed by atoms with Crippen LogP contribution in [-0.2, 0) is 0 Å². The van der Waals surface area contributed by atoms with Gasteiger partial charge in [0.1, 0.15) is 0 Å². The average molecular weight is 305 g/mol. The summed E-state index contributed by atoms with van der Waals surface area (Å²) in [7, 11) is 0. The molecule has 126 valence electrons. The Balaban J connectivity index is 1.50. The van der Waals surface area contributed by atoms with Gasteiger partial charge in [-0.3, -0.25) is 0 Å². The lowest BCUT2D eigenvalue weighted by molar-refractivity contribution is -0.103. The maximum absolute atomic E-state index is 10.9. The summed E-state index contributed by atoms with van der Waals surface area (Å²) in [6.07, 6.45) is 16.1. The minimum atomic E-state index is -0.306. The van der Waals surface area contributed by atoms with Gasteiger partial charge in [-0.1, -0.05) is 26.7 Å². The zero-order valence-electron chi connectivity index (χ0n) is 14.8. The molecule has 1 heteroatoms. The van der Waals surface area contributed by atoms with Crippen LogP contribution in [0.2, 0.25) is 0 Å². The Hall–Kier alpha value is -0.0400. The zero-order chi connectivity index (χ0) is 15.4. The van der Waals surface area contributed by atoms with Crippen molar-refractivity contribution >= 4 is 0 Å². The third kappa shape index (κ3) is 2.38. The Kier molecular flexibility index (Phi) is 3.87. The molecule has 0 saturated heterocycles. The third-order valence-corrected chi connectivity index (χ3v) is 8.60. The van der Waals surface area contributed by atoms with Crippen LogP contribution in [0.5, 0.6) is 0 Å². The molecule has 1 N–H and O–H groups in total. The molecule has 4 saturated carbocycles. The van der Waals surface area contributed by atoms with Crippen LogP contribution in [0.15, 0.2) is 0 Å². The van der Waals surface area contributed by atoms with Gasteiger partial charge in [0.05, 0.1) is 5.60 Å². The van der Waals surface area contributed by atoms with E-state index < -0.39 is 0 Å². The summed E-state index contributed by atoms with van der Waals surface area (Å²) >= 11 is 0. The lowest BCUT2D eigenvalue weighted by Gasteiger charge is -2.56. The molecule has 0 aromatic heterocycles. The Labute approximate surface area is 137 Å². The normalized spacial score (nSPS) is 54.4. The highest BCUT2D eigenvalue weighted by Crippen LogP contribution is 2.63. The van der Waals surface area contributed by atoms with Crippen LogP contribution in [0.1, 0.15) is 90.9 Å². The largest absolute Gasteiger partial charge is 0.390 e. The third-order valence-electron chi connectivity index (χ3n) is 8.60. The van der Waals surface area contributed by atoms with E-state index in [-0.39, 0.29) is 5.60 Å². The highest BCUT2D eigenvalue weighted by Gasteiger charge is 2.54. The van der Waals surface area contributed by atoms with Crippen LogP contribution in [0.4, 0.5) is 0 Å². The fourth-order valence-electron chi connectivity index (χ4n) is 7.65. The van der Waals surface area contributed by atoms with Crippen molar-refractivity contribution in [3.8, 4) is 0 Å². The van der Waals surface area contributed by atoms with Crippen molar-refractivity contribution in [2.45, 2.75) is 96.5 Å². The van der Waals surface area contributed by atoms with E-state index in [1.165, 1.54) is 51.4 Å². The van der Waals surface area contributed by atoms with Crippen LogP contribution in [0, 0.1) is 35.0 Å². The first-order chi connectivity index (χ1) is 10.5. The van der Waals surface area contributed by atoms with E-state index in [9.17, 15) is 5.11 Å². The van der Waals surface area contributed by atoms with E-state index in [4.69, 9.17) is 0 Å². The van der Waals surface area contributed by atoms with Crippen LogP contribution in [0.3, 0.4) is 0 Å². The maximum Gasteiger partial charge on any atom is 0.0650 e. The molecular formula is C21H36O. The first-order valence-electron chi connectivity index (χ1n) is 10.3. The molecule has 0 aliphatic heterocycles. The lowest BCUT2D eigenvalue weighted by atomic mass is 9.49. The Morgan fingerprint density at radius 1 is 0.909 bits per heavy atom. The molecule has 4 rings (SSSR count). The highest BCUT2D eigenvalue weighted by molar-refractivity contribution is 5.04. The van der Waals surface area contributed by atoms with Gasteiger partial charge >= 0.3 is 0 Å². The second-order valence-corrected chi connectivity index (χ2v) is 9.74. The topological polar surface area (TPSA) is 20.2 Å². The number of hydrogen-bond acceptors (Lipinski definition) is 1. The first kappa shape index (κ1) is 15.5. The number of hydrogen-bond donors (Lipinski definition) is 1. The van der Waals surface area contributed by atoms with Gasteiger partial charge in [-0.25, -0.2) is 0 Å². The zero-order valence-corrected chi connectivity index (χ0v) is 14.8. The number of aliphatic hydroxyl groups is 1. The Morgan fingerprint density at radius 3 is 2.55 bits per heavy atom. The number of fused-ring (bicyclic) bond motifs is 5. The highest BCUT2D eigenvalue weighted by atomic mass is 16.3. The van der Waals surface area contributed by atoms with Gasteiger partial charge in [0, 0.05) is 0 Å². The quantitative estimate of drug-likeness (QED) is 0.708. The minimum absolute atomic E-state index is 0.306. The summed E-state index contributed by atoms with van der Waals surface area (Å²) in [5, 5.41) is 10.9. The van der Waals surface area contributed by atoms with Gasteiger partial charge in [-0.05, 0) is 99.2 Å². The van der Waals surface area contributed by atoms with Crippen LogP contribution in [-0.4, -0.2) is 10.7 Å². The fourth-order valence-corrected chi connectivity index (χ4v) is 7.65. The molecule has 0 spiro atoms. The van der Waals surface area contributed by atoms with Gasteiger partial charge in [-0.2, -0.15) is 0 Å². The molecule has 7 atom stereocenters. The van der Waals surface area contributed by atoms with Gasteiger partial charge in [0.15, 0.2) is 0 Å². The lowest BCUT2D eigenvalue weighted by Crippen LogP contribution is -2.50. The van der Waals surface area contributed by atoms with Gasteiger partial charge < -0.3 is 5.11 Å². The molecular weight excluding hydrogens is 268 g/mol. The monoisotopic (exact) mass is 304 g/mol. The molecule has 0 amide bonds. The van der Waals surface area contributed by atoms with E-state index in [0.717, 1.165) is 55.3 Å². The Morgan fingerprint density at radius 2 is 1.73 bits per heavy atom. The summed E-state index contributed by atoms with van der Waals surface area (Å²) < 4.78 is 0. The molecule has 0 radical (unpaired) electrons. The molecule has 1 nitrogen and oxygen atoms in total. The predicted octanol–water partition coefficient (Wildman–Crippen LogP) is 5.56. The summed E-state index contributed by atoms with van der Waals surface area (Å²) in [5.74, 6) is 4.91. The molecule has 4 aliphatic carbocycles. The van der Waals surface area contributed by atoms with Gasteiger partial charge in [-0.15, -0.1) is 0 Å². The summed E-state index contributed by atoms with van der Waals surface area (Å²) in [6, 6.07) is 0. The van der Waals surface area contributed by atoms with Crippen molar-refractivity contribution < 1.29 is 5.11 Å². The SMILES string of the molecule is CCC[C@@]1(O)CC[C@H]2[C@H](CC[C@@H]3[C@@H]2CC[C@]2(C)CCC[C@@H]32)C1. The van der Waals surface area contributed by atoms with E-state index in [1.807, 2.05) is 0 Å². The van der Waals surface area contributed by atoms with Gasteiger partial charge in [0.2, 0.25) is 0 Å². The van der Waals surface area contributed by atoms with Crippen molar-refractivity contribution in [2.75, 3.05) is 0 Å². The average Bonchev–Trinajstić information content (AvgIpc) is 2.88. The molecule has 0 bridgehead atoms. The van der Waals surface area contributed by atoms with E-state index in [1.54, 1.807) is 0 Å². The summed E-state index contributed by atoms with van der Waals surface area (Å²) in [5.41, 5.74) is 0.394. The van der Waals surface area contributed by atoms with Crippen molar-refractivity contribution in [1.29, 1.82) is 0 Å². The van der Waals surface area contributed by atoms with Crippen LogP contribution >= 0.6 is 0 Å². The van der Waals surface area contributed by atoms with Gasteiger partial charge in [0.25, 0.3) is 0 Å². The summed E-state index contributed by atoms with van der Waals surface area (Å²) in [4.78, 5) is 0. The molecule has 4 aliphatic rings. The van der Waals surface area contributed by atoms with Crippen molar-refractivity contribution in [2.24, 2.45) is 35.0 Å². The van der Waals surface area contributed by atoms with Crippen molar-refractivity contribution in [3.63, 3.8) is 0 Å². The number of rotatable bonds is 2. The Bertz CT molecular complexity index is 418. The second kappa shape index (κ2) is 5.50. The fraction of sp³-hybridized carbons (Fsp3) is 1.00. The minimum Gasteiger partial charge on any atom is -0.390 e. The smallest absolute Gasteiger partial charge is 0.0650 e. The van der Waals surface area contributed by atoms with Crippen LogP contribution < -0.4 is 0 Å².